The summed E-state index contributed by atoms with van der Waals surface area (Å²) in [4.78, 5) is 16.8. The first-order valence-electron chi connectivity index (χ1n) is 6.43. The van der Waals surface area contributed by atoms with Gasteiger partial charge in [0.15, 0.2) is 0 Å². The zero-order valence-electron chi connectivity index (χ0n) is 11.5. The van der Waals surface area contributed by atoms with Crippen molar-refractivity contribution in [3.05, 3.63) is 52.8 Å². The molecule has 0 saturated carbocycles. The van der Waals surface area contributed by atoms with Gasteiger partial charge in [-0.3, -0.25) is 9.78 Å². The molecule has 0 aliphatic rings. The van der Waals surface area contributed by atoms with Gasteiger partial charge in [-0.05, 0) is 30.7 Å². The lowest BCUT2D eigenvalue weighted by molar-refractivity contribution is -0.119. The predicted molar refractivity (Wildman–Crippen MR) is 90.1 cm³/mol. The maximum absolute atomic E-state index is 12.0. The van der Waals surface area contributed by atoms with Crippen molar-refractivity contribution in [2.24, 2.45) is 0 Å². The summed E-state index contributed by atoms with van der Waals surface area (Å²) in [6.07, 6.45) is 3.26. The molecule has 2 aromatic rings. The number of carbonyl (C=O) groups is 1. The second-order valence-corrected chi connectivity index (χ2v) is 6.48. The largest absolute Gasteiger partial charge is 0.397 e. The number of nitrogens with two attached hydrogens (primary N) is 1. The van der Waals surface area contributed by atoms with Crippen LogP contribution in [-0.2, 0) is 4.79 Å². The molecule has 0 radical (unpaired) electrons. The van der Waals surface area contributed by atoms with E-state index in [1.807, 2.05) is 37.3 Å². The lowest BCUT2D eigenvalue weighted by Crippen LogP contribution is -2.28. The number of hydrogen-bond donors (Lipinski definition) is 2. The molecule has 1 heterocycles. The molecule has 110 valence electrons. The molecule has 0 fully saturated rings. The van der Waals surface area contributed by atoms with Gasteiger partial charge in [-0.2, -0.15) is 0 Å². The van der Waals surface area contributed by atoms with Crippen LogP contribution in [-0.4, -0.2) is 16.6 Å². The number of aromatic nitrogens is 1. The fourth-order valence-electron chi connectivity index (χ4n) is 1.79. The number of amides is 1. The fraction of sp³-hybridized carbons (Fsp3) is 0.200. The number of hydrogen-bond acceptors (Lipinski definition) is 4. The van der Waals surface area contributed by atoms with Crippen molar-refractivity contribution in [2.45, 2.75) is 17.9 Å². The summed E-state index contributed by atoms with van der Waals surface area (Å²) in [5, 5.41) is 2.97. The van der Waals surface area contributed by atoms with Gasteiger partial charge in [0.1, 0.15) is 0 Å². The molecule has 1 aromatic carbocycles. The molecule has 1 atom stereocenters. The average Bonchev–Trinajstić information content (AvgIpc) is 2.47. The second-order valence-electron chi connectivity index (χ2n) is 4.54. The summed E-state index contributed by atoms with van der Waals surface area (Å²) in [6, 6.07) is 9.69. The van der Waals surface area contributed by atoms with E-state index in [1.54, 1.807) is 12.4 Å². The molecule has 1 amide bonds. The van der Waals surface area contributed by atoms with E-state index in [1.165, 1.54) is 11.8 Å². The summed E-state index contributed by atoms with van der Waals surface area (Å²) in [7, 11) is 0. The van der Waals surface area contributed by atoms with E-state index in [0.29, 0.717) is 11.4 Å². The minimum absolute atomic E-state index is 0.0216. The Morgan fingerprint density at radius 2 is 2.10 bits per heavy atom. The molecule has 0 bridgehead atoms. The first-order chi connectivity index (χ1) is 10.1. The highest BCUT2D eigenvalue weighted by Gasteiger charge is 2.10. The van der Waals surface area contributed by atoms with E-state index < -0.39 is 0 Å². The number of rotatable bonds is 5. The van der Waals surface area contributed by atoms with Gasteiger partial charge in [0.05, 0.1) is 23.7 Å². The maximum atomic E-state index is 12.0. The normalized spacial score (nSPS) is 11.9. The third-order valence-corrected chi connectivity index (χ3v) is 4.53. The van der Waals surface area contributed by atoms with Gasteiger partial charge in [0.2, 0.25) is 5.91 Å². The zero-order chi connectivity index (χ0) is 15.2. The third-order valence-electron chi connectivity index (χ3n) is 2.92. The molecule has 1 aromatic heterocycles. The van der Waals surface area contributed by atoms with Gasteiger partial charge >= 0.3 is 0 Å². The molecule has 0 saturated heterocycles. The van der Waals surface area contributed by atoms with E-state index in [9.17, 15) is 4.79 Å². The van der Waals surface area contributed by atoms with Crippen LogP contribution >= 0.6 is 27.7 Å². The van der Waals surface area contributed by atoms with Gasteiger partial charge < -0.3 is 11.1 Å². The Morgan fingerprint density at radius 3 is 2.76 bits per heavy atom. The maximum Gasteiger partial charge on any atom is 0.230 e. The number of pyridine rings is 1. The quantitative estimate of drug-likeness (QED) is 0.796. The van der Waals surface area contributed by atoms with Crippen molar-refractivity contribution in [3.8, 4) is 0 Å². The van der Waals surface area contributed by atoms with Crippen molar-refractivity contribution in [1.29, 1.82) is 0 Å². The minimum atomic E-state index is -0.0269. The predicted octanol–water partition coefficient (Wildman–Crippen LogP) is 3.40. The molecule has 0 aliphatic heterocycles. The second kappa shape index (κ2) is 7.47. The summed E-state index contributed by atoms with van der Waals surface area (Å²) in [5.74, 6) is 0.307. The van der Waals surface area contributed by atoms with Crippen LogP contribution in [0.25, 0.3) is 0 Å². The molecule has 21 heavy (non-hydrogen) atoms. The molecular formula is C15H16BrN3OS. The van der Waals surface area contributed by atoms with Crippen LogP contribution in [0, 0.1) is 0 Å². The highest BCUT2D eigenvalue weighted by molar-refractivity contribution is 9.10. The lowest BCUT2D eigenvalue weighted by atomic mass is 10.1. The van der Waals surface area contributed by atoms with Gasteiger partial charge in [0.25, 0.3) is 0 Å². The topological polar surface area (TPSA) is 68.0 Å². The number of nitrogen functional groups attached to an aromatic ring is 1. The fourth-order valence-corrected chi connectivity index (χ4v) is 2.80. The minimum Gasteiger partial charge on any atom is -0.397 e. The molecule has 2 rings (SSSR count). The Labute approximate surface area is 136 Å². The summed E-state index contributed by atoms with van der Waals surface area (Å²) >= 11 is 4.81. The lowest BCUT2D eigenvalue weighted by Gasteiger charge is -2.14. The molecule has 6 heteroatoms. The molecular weight excluding hydrogens is 350 g/mol. The van der Waals surface area contributed by atoms with E-state index in [-0.39, 0.29) is 11.9 Å². The summed E-state index contributed by atoms with van der Waals surface area (Å²) in [6.45, 7) is 1.96. The van der Waals surface area contributed by atoms with Crippen molar-refractivity contribution in [3.63, 3.8) is 0 Å². The Hall–Kier alpha value is -1.53. The van der Waals surface area contributed by atoms with Crippen molar-refractivity contribution < 1.29 is 4.79 Å². The molecule has 1 unspecified atom stereocenters. The molecule has 0 spiro atoms. The first kappa shape index (κ1) is 15.9. The number of halogens is 1. The Balaban J connectivity index is 1.87. The third kappa shape index (κ3) is 4.75. The van der Waals surface area contributed by atoms with Crippen LogP contribution < -0.4 is 11.1 Å². The molecule has 4 nitrogen and oxygen atoms in total. The SMILES string of the molecule is CC(NC(=O)CSc1ccncc1N)c1ccc(Br)cc1. The van der Waals surface area contributed by atoms with E-state index in [2.05, 4.69) is 26.2 Å². The van der Waals surface area contributed by atoms with Crippen LogP contribution in [0.15, 0.2) is 52.1 Å². The van der Waals surface area contributed by atoms with E-state index >= 15 is 0 Å². The number of thioether (sulfide) groups is 1. The Bertz CT molecular complexity index is 619. The number of anilines is 1. The zero-order valence-corrected chi connectivity index (χ0v) is 13.9. The number of nitrogens with zero attached hydrogens (tertiary/aromatic N) is 1. The van der Waals surface area contributed by atoms with Crippen LogP contribution in [0.1, 0.15) is 18.5 Å². The van der Waals surface area contributed by atoms with Crippen molar-refractivity contribution >= 4 is 39.3 Å². The smallest absolute Gasteiger partial charge is 0.230 e. The molecule has 3 N–H and O–H groups in total. The standard InChI is InChI=1S/C15H16BrN3OS/c1-10(11-2-4-12(16)5-3-11)19-15(20)9-21-14-6-7-18-8-13(14)17/h2-8,10H,9,17H2,1H3,(H,19,20). The summed E-state index contributed by atoms with van der Waals surface area (Å²) in [5.41, 5.74) is 7.46. The van der Waals surface area contributed by atoms with Crippen molar-refractivity contribution in [1.82, 2.24) is 10.3 Å². The van der Waals surface area contributed by atoms with E-state index in [4.69, 9.17) is 5.73 Å². The van der Waals surface area contributed by atoms with Crippen molar-refractivity contribution in [2.75, 3.05) is 11.5 Å². The Morgan fingerprint density at radius 1 is 1.38 bits per heavy atom. The number of benzene rings is 1. The average molecular weight is 366 g/mol. The van der Waals surface area contributed by atoms with Crippen LogP contribution in [0.3, 0.4) is 0 Å². The molecule has 0 aliphatic carbocycles. The summed E-state index contributed by atoms with van der Waals surface area (Å²) < 4.78 is 1.02. The van der Waals surface area contributed by atoms with Gasteiger partial charge in [-0.15, -0.1) is 11.8 Å². The van der Waals surface area contributed by atoms with Gasteiger partial charge in [-0.25, -0.2) is 0 Å². The highest BCUT2D eigenvalue weighted by Crippen LogP contribution is 2.23. The van der Waals surface area contributed by atoms with Gasteiger partial charge in [-0.1, -0.05) is 28.1 Å². The van der Waals surface area contributed by atoms with Gasteiger partial charge in [0, 0.05) is 15.6 Å². The monoisotopic (exact) mass is 365 g/mol. The first-order valence-corrected chi connectivity index (χ1v) is 8.21. The highest BCUT2D eigenvalue weighted by atomic mass is 79.9. The van der Waals surface area contributed by atoms with Crippen LogP contribution in [0.4, 0.5) is 5.69 Å². The Kier molecular flexibility index (Phi) is 5.64. The van der Waals surface area contributed by atoms with E-state index in [0.717, 1.165) is 14.9 Å². The van der Waals surface area contributed by atoms with Crippen LogP contribution in [0.2, 0.25) is 0 Å². The number of nitrogens with one attached hydrogen (secondary N) is 1. The number of carbonyl (C=O) groups excluding carboxylic acids is 1. The van der Waals surface area contributed by atoms with Crippen LogP contribution in [0.5, 0.6) is 0 Å².